The van der Waals surface area contributed by atoms with Gasteiger partial charge in [-0.3, -0.25) is 14.5 Å². The Morgan fingerprint density at radius 1 is 0.917 bits per heavy atom. The predicted octanol–water partition coefficient (Wildman–Crippen LogP) is 4.61. The van der Waals surface area contributed by atoms with Crippen LogP contribution in [0.5, 0.6) is 0 Å². The maximum Gasteiger partial charge on any atom is 0.272 e. The van der Waals surface area contributed by atoms with E-state index >= 15 is 0 Å². The van der Waals surface area contributed by atoms with Gasteiger partial charge in [0.25, 0.3) is 5.91 Å². The second kappa shape index (κ2) is 10.5. The summed E-state index contributed by atoms with van der Waals surface area (Å²) in [6.45, 7) is 6.70. The molecule has 8 heteroatoms. The number of anilines is 1. The molecule has 4 aromatic rings. The Kier molecular flexibility index (Phi) is 6.97. The minimum atomic E-state index is -0.0474. The Bertz CT molecular complexity index is 1340. The van der Waals surface area contributed by atoms with Gasteiger partial charge in [-0.25, -0.2) is 4.68 Å². The van der Waals surface area contributed by atoms with Crippen molar-refractivity contribution in [3.63, 3.8) is 0 Å². The molecule has 7 nitrogen and oxygen atoms in total. The highest BCUT2D eigenvalue weighted by atomic mass is 32.1. The lowest BCUT2D eigenvalue weighted by Gasteiger charge is -2.34. The van der Waals surface area contributed by atoms with E-state index in [0.29, 0.717) is 38.4 Å². The average Bonchev–Trinajstić information content (AvgIpc) is 3.57. The van der Waals surface area contributed by atoms with E-state index in [0.717, 1.165) is 33.1 Å². The molecule has 0 saturated carbocycles. The van der Waals surface area contributed by atoms with Crippen molar-refractivity contribution in [2.75, 3.05) is 38.0 Å². The van der Waals surface area contributed by atoms with Crippen molar-refractivity contribution in [1.29, 1.82) is 0 Å². The summed E-state index contributed by atoms with van der Waals surface area (Å²) in [5.41, 5.74) is 5.17. The molecule has 1 fully saturated rings. The van der Waals surface area contributed by atoms with Crippen LogP contribution >= 0.6 is 11.3 Å². The molecule has 0 radical (unpaired) electrons. The summed E-state index contributed by atoms with van der Waals surface area (Å²) < 4.78 is 1.74. The van der Waals surface area contributed by atoms with Crippen LogP contribution in [0.1, 0.15) is 21.6 Å². The van der Waals surface area contributed by atoms with Crippen LogP contribution < -0.4 is 5.32 Å². The molecular formula is C28H29N5O2S. The normalized spacial score (nSPS) is 14.1. The number of rotatable bonds is 6. The standard InChI is InChI=1S/C28H29N5O2S/c1-20-8-6-9-21(2)27(20)29-26(34)19-31-13-15-32(16-14-31)28(35)24-18-23(25-12-7-17-36-25)30-33(24)22-10-4-3-5-11-22/h3-12,17-18H,13-16,19H2,1-2H3,(H,29,34). The molecule has 184 valence electrons. The van der Waals surface area contributed by atoms with Crippen LogP contribution in [0, 0.1) is 13.8 Å². The van der Waals surface area contributed by atoms with Gasteiger partial charge in [-0.2, -0.15) is 5.10 Å². The van der Waals surface area contributed by atoms with E-state index < -0.39 is 0 Å². The summed E-state index contributed by atoms with van der Waals surface area (Å²) in [4.78, 5) is 31.3. The number of amides is 2. The smallest absolute Gasteiger partial charge is 0.272 e. The summed E-state index contributed by atoms with van der Waals surface area (Å²) in [7, 11) is 0. The zero-order valence-electron chi connectivity index (χ0n) is 20.5. The maximum absolute atomic E-state index is 13.6. The topological polar surface area (TPSA) is 70.5 Å². The molecule has 36 heavy (non-hydrogen) atoms. The first-order valence-corrected chi connectivity index (χ1v) is 12.9. The van der Waals surface area contributed by atoms with Crippen molar-refractivity contribution in [3.8, 4) is 16.3 Å². The predicted molar refractivity (Wildman–Crippen MR) is 144 cm³/mol. The molecule has 0 atom stereocenters. The molecule has 3 heterocycles. The molecule has 2 aromatic carbocycles. The van der Waals surface area contributed by atoms with Gasteiger partial charge >= 0.3 is 0 Å². The van der Waals surface area contributed by atoms with Crippen LogP contribution in [0.2, 0.25) is 0 Å². The molecule has 1 N–H and O–H groups in total. The number of hydrogen-bond donors (Lipinski definition) is 1. The number of aromatic nitrogens is 2. The molecular weight excluding hydrogens is 470 g/mol. The van der Waals surface area contributed by atoms with Crippen molar-refractivity contribution < 1.29 is 9.59 Å². The van der Waals surface area contributed by atoms with Crippen molar-refractivity contribution in [2.45, 2.75) is 13.8 Å². The zero-order valence-corrected chi connectivity index (χ0v) is 21.3. The highest BCUT2D eigenvalue weighted by molar-refractivity contribution is 7.13. The van der Waals surface area contributed by atoms with E-state index in [1.807, 2.05) is 90.9 Å². The number of aryl methyl sites for hydroxylation is 2. The Balaban J connectivity index is 1.26. The first-order chi connectivity index (χ1) is 17.5. The summed E-state index contributed by atoms with van der Waals surface area (Å²) in [6.07, 6.45) is 0. The Hall–Kier alpha value is -3.75. The van der Waals surface area contributed by atoms with E-state index in [-0.39, 0.29) is 11.8 Å². The molecule has 1 saturated heterocycles. The summed E-state index contributed by atoms with van der Waals surface area (Å²) in [5, 5.41) is 9.83. The molecule has 0 bridgehead atoms. The third-order valence-electron chi connectivity index (χ3n) is 6.48. The second-order valence-corrected chi connectivity index (χ2v) is 9.97. The van der Waals surface area contributed by atoms with Crippen molar-refractivity contribution in [1.82, 2.24) is 19.6 Å². The average molecular weight is 500 g/mol. The third-order valence-corrected chi connectivity index (χ3v) is 7.37. The van der Waals surface area contributed by atoms with Crippen molar-refractivity contribution in [3.05, 3.63) is 88.9 Å². The van der Waals surface area contributed by atoms with Crippen LogP contribution in [-0.2, 0) is 4.79 Å². The SMILES string of the molecule is Cc1cccc(C)c1NC(=O)CN1CCN(C(=O)c2cc(-c3cccs3)nn2-c2ccccc2)CC1. The Morgan fingerprint density at radius 2 is 1.64 bits per heavy atom. The summed E-state index contributed by atoms with van der Waals surface area (Å²) >= 11 is 1.60. The van der Waals surface area contributed by atoms with Crippen molar-refractivity contribution in [2.24, 2.45) is 0 Å². The van der Waals surface area contributed by atoms with Gasteiger partial charge in [0.15, 0.2) is 0 Å². The van der Waals surface area contributed by atoms with E-state index in [9.17, 15) is 9.59 Å². The molecule has 0 spiro atoms. The number of carbonyl (C=O) groups is 2. The van der Waals surface area contributed by atoms with Gasteiger partial charge in [0.2, 0.25) is 5.91 Å². The van der Waals surface area contributed by atoms with Gasteiger partial charge in [0.1, 0.15) is 11.4 Å². The molecule has 1 aliphatic rings. The van der Waals surface area contributed by atoms with Gasteiger partial charge < -0.3 is 10.2 Å². The fourth-order valence-corrected chi connectivity index (χ4v) is 5.19. The quantitative estimate of drug-likeness (QED) is 0.421. The second-order valence-electron chi connectivity index (χ2n) is 9.02. The molecule has 1 aliphatic heterocycles. The van der Waals surface area contributed by atoms with Crippen molar-refractivity contribution >= 4 is 28.8 Å². The van der Waals surface area contributed by atoms with Gasteiger partial charge in [0, 0.05) is 31.9 Å². The fraction of sp³-hybridized carbons (Fsp3) is 0.250. The minimum absolute atomic E-state index is 0.0325. The Morgan fingerprint density at radius 3 is 2.31 bits per heavy atom. The molecule has 2 amide bonds. The fourth-order valence-electron chi connectivity index (χ4n) is 4.51. The zero-order chi connectivity index (χ0) is 25.1. The number of piperazine rings is 1. The van der Waals surface area contributed by atoms with E-state index in [1.165, 1.54) is 0 Å². The van der Waals surface area contributed by atoms with E-state index in [2.05, 4.69) is 10.2 Å². The lowest BCUT2D eigenvalue weighted by molar-refractivity contribution is -0.117. The number of benzene rings is 2. The van der Waals surface area contributed by atoms with Crippen LogP contribution in [-0.4, -0.2) is 64.1 Å². The largest absolute Gasteiger partial charge is 0.335 e. The first-order valence-electron chi connectivity index (χ1n) is 12.1. The Labute approximate surface area is 215 Å². The van der Waals surface area contributed by atoms with Gasteiger partial charge in [-0.1, -0.05) is 42.5 Å². The number of carbonyl (C=O) groups excluding carboxylic acids is 2. The first kappa shape index (κ1) is 24.0. The third kappa shape index (κ3) is 5.10. The highest BCUT2D eigenvalue weighted by Gasteiger charge is 2.27. The minimum Gasteiger partial charge on any atom is -0.335 e. The van der Waals surface area contributed by atoms with Gasteiger partial charge in [0.05, 0.1) is 17.1 Å². The molecule has 2 aromatic heterocycles. The van der Waals surface area contributed by atoms with Crippen LogP contribution in [0.3, 0.4) is 0 Å². The van der Waals surface area contributed by atoms with Gasteiger partial charge in [-0.15, -0.1) is 11.3 Å². The lowest BCUT2D eigenvalue weighted by atomic mass is 10.1. The summed E-state index contributed by atoms with van der Waals surface area (Å²) in [5.74, 6) is -0.0799. The monoisotopic (exact) mass is 499 g/mol. The highest BCUT2D eigenvalue weighted by Crippen LogP contribution is 2.27. The molecule has 5 rings (SSSR count). The van der Waals surface area contributed by atoms with Crippen LogP contribution in [0.15, 0.2) is 72.1 Å². The lowest BCUT2D eigenvalue weighted by Crippen LogP contribution is -2.50. The van der Waals surface area contributed by atoms with Crippen LogP contribution in [0.4, 0.5) is 5.69 Å². The maximum atomic E-state index is 13.6. The van der Waals surface area contributed by atoms with Crippen LogP contribution in [0.25, 0.3) is 16.3 Å². The van der Waals surface area contributed by atoms with E-state index in [1.54, 1.807) is 16.0 Å². The van der Waals surface area contributed by atoms with E-state index in [4.69, 9.17) is 5.10 Å². The number of thiophene rings is 1. The number of hydrogen-bond acceptors (Lipinski definition) is 5. The van der Waals surface area contributed by atoms with Gasteiger partial charge in [-0.05, 0) is 54.6 Å². The number of nitrogens with one attached hydrogen (secondary N) is 1. The number of nitrogens with zero attached hydrogens (tertiary/aromatic N) is 4. The molecule has 0 unspecified atom stereocenters. The summed E-state index contributed by atoms with van der Waals surface area (Å²) in [6, 6.07) is 21.6. The number of para-hydroxylation sites is 2. The molecule has 0 aliphatic carbocycles.